The van der Waals surface area contributed by atoms with Crippen molar-refractivity contribution in [2.45, 2.75) is 104 Å². The molecular formula is C40H48Cl2HfS2Si-2. The van der Waals surface area contributed by atoms with E-state index in [0.29, 0.717) is 10.5 Å². The summed E-state index contributed by atoms with van der Waals surface area (Å²) in [6.45, 7) is 27.1. The molecule has 2 aliphatic carbocycles. The van der Waals surface area contributed by atoms with Crippen LogP contribution in [-0.4, -0.2) is 16.0 Å². The van der Waals surface area contributed by atoms with Crippen LogP contribution in [0.1, 0.15) is 91.5 Å². The minimum Gasteiger partial charge on any atom is -1.00 e. The standard InChI is InChI=1S/2C19H21S.C2H6Si.2ClH.Hf/c2*1-12-10-16-17(11-12)20-13(2)18(16)14-6-8-15(9-7-14)19(3,4)5;1-3-2;;;/h2*6-9,11,13H,1-5H3;1-2H3;2*1H;/q2*-1;;;;+2/p-2. The van der Waals surface area contributed by atoms with Gasteiger partial charge in [0.2, 0.25) is 0 Å². The molecule has 0 saturated carbocycles. The van der Waals surface area contributed by atoms with Crippen LogP contribution < -0.4 is 24.8 Å². The molecule has 244 valence electrons. The Bertz CT molecular complexity index is 1500. The molecular weight excluding hydrogens is 822 g/mol. The maximum absolute atomic E-state index is 3.52. The minimum atomic E-state index is 0. The second-order valence-corrected chi connectivity index (χ2v) is 29.9. The summed E-state index contributed by atoms with van der Waals surface area (Å²) >= 11 is 5.36. The molecule has 2 aliphatic heterocycles. The van der Waals surface area contributed by atoms with Gasteiger partial charge in [-0.1, -0.05) is 129 Å². The Morgan fingerprint density at radius 2 is 0.891 bits per heavy atom. The summed E-state index contributed by atoms with van der Waals surface area (Å²) in [7, 11) is 0. The Morgan fingerprint density at radius 1 is 0.609 bits per heavy atom. The fourth-order valence-corrected chi connectivity index (χ4v) is 8.23. The van der Waals surface area contributed by atoms with Crippen molar-refractivity contribution in [1.29, 1.82) is 0 Å². The van der Waals surface area contributed by atoms with E-state index in [1.54, 1.807) is 0 Å². The quantitative estimate of drug-likeness (QED) is 0.276. The molecule has 2 aromatic rings. The van der Waals surface area contributed by atoms with E-state index in [1.807, 2.05) is 23.5 Å². The van der Waals surface area contributed by atoms with E-state index in [2.05, 4.69) is 155 Å². The van der Waals surface area contributed by atoms with E-state index >= 15 is 0 Å². The van der Waals surface area contributed by atoms with Crippen molar-refractivity contribution >= 4 is 40.2 Å². The summed E-state index contributed by atoms with van der Waals surface area (Å²) in [5, 5.41) is 1.05. The number of hydrogen-bond donors (Lipinski definition) is 0. The molecule has 46 heavy (non-hydrogen) atoms. The molecule has 0 aromatic heterocycles. The summed E-state index contributed by atoms with van der Waals surface area (Å²) in [5.74, 6) is 0. The van der Waals surface area contributed by atoms with Gasteiger partial charge in [0.15, 0.2) is 0 Å². The largest absolute Gasteiger partial charge is 1.00 e. The molecule has 0 N–H and O–H groups in total. The van der Waals surface area contributed by atoms with Gasteiger partial charge in [-0.05, 0) is 32.5 Å². The third-order valence-electron chi connectivity index (χ3n) is 7.92. The van der Waals surface area contributed by atoms with Crippen LogP contribution in [-0.2, 0) is 33.8 Å². The van der Waals surface area contributed by atoms with Crippen molar-refractivity contribution in [3.05, 3.63) is 127 Å². The first-order valence-electron chi connectivity index (χ1n) is 15.7. The van der Waals surface area contributed by atoms with Crippen molar-refractivity contribution in [2.75, 3.05) is 0 Å². The summed E-state index contributed by atoms with van der Waals surface area (Å²) < 4.78 is 0. The van der Waals surface area contributed by atoms with Gasteiger partial charge in [0.1, 0.15) is 0 Å². The van der Waals surface area contributed by atoms with Crippen LogP contribution in [0.25, 0.3) is 11.1 Å². The molecule has 0 spiro atoms. The van der Waals surface area contributed by atoms with E-state index in [-0.39, 0.29) is 41.1 Å². The van der Waals surface area contributed by atoms with Crippen molar-refractivity contribution in [3.63, 3.8) is 0 Å². The Balaban J connectivity index is 0.000000276. The number of allylic oxidation sites excluding steroid dienone is 8. The number of hydrogen-bond acceptors (Lipinski definition) is 2. The van der Waals surface area contributed by atoms with Crippen LogP contribution in [0.4, 0.5) is 0 Å². The van der Waals surface area contributed by atoms with Gasteiger partial charge in [-0.25, -0.2) is 0 Å². The van der Waals surface area contributed by atoms with E-state index < -0.39 is 0 Å². The molecule has 6 rings (SSSR count). The predicted octanol–water partition coefficient (Wildman–Crippen LogP) is 5.83. The van der Waals surface area contributed by atoms with Gasteiger partial charge in [-0.2, -0.15) is 35.7 Å². The van der Waals surface area contributed by atoms with Gasteiger partial charge in [0, 0.05) is 0 Å². The maximum atomic E-state index is 3.52. The second-order valence-electron chi connectivity index (χ2n) is 14.4. The van der Waals surface area contributed by atoms with Gasteiger partial charge < -0.3 is 24.8 Å². The van der Waals surface area contributed by atoms with Gasteiger partial charge in [0.25, 0.3) is 0 Å². The van der Waals surface area contributed by atoms with Crippen molar-refractivity contribution in [1.82, 2.24) is 0 Å². The zero-order valence-corrected chi connectivity index (χ0v) is 37.2. The molecule has 0 radical (unpaired) electrons. The number of rotatable bonds is 2. The molecule has 0 amide bonds. The first-order chi connectivity index (χ1) is 20.5. The molecule has 4 aliphatic rings. The minimum absolute atomic E-state index is 0. The third-order valence-corrected chi connectivity index (χ3v) is 10.2. The van der Waals surface area contributed by atoms with E-state index in [4.69, 9.17) is 0 Å². The van der Waals surface area contributed by atoms with Crippen LogP contribution in [0.15, 0.2) is 92.8 Å². The first kappa shape index (κ1) is 41.4. The summed E-state index contributed by atoms with van der Waals surface area (Å²) in [5.41, 5.74) is 14.2. The third kappa shape index (κ3) is 10.1. The summed E-state index contributed by atoms with van der Waals surface area (Å²) in [6.07, 6.45) is 11.6. The topological polar surface area (TPSA) is 0 Å². The van der Waals surface area contributed by atoms with E-state index in [9.17, 15) is 0 Å². The Labute approximate surface area is 316 Å². The molecule has 2 atom stereocenters. The molecule has 6 heteroatoms. The van der Waals surface area contributed by atoms with E-state index in [0.717, 1.165) is 0 Å². The van der Waals surface area contributed by atoms with Crippen molar-refractivity contribution in [3.8, 4) is 0 Å². The second kappa shape index (κ2) is 16.8. The van der Waals surface area contributed by atoms with Crippen LogP contribution in [0.5, 0.6) is 0 Å². The molecule has 2 aromatic carbocycles. The average Bonchev–Trinajstić information content (AvgIpc) is 3.60. The normalized spacial score (nSPS) is 19.7. The Hall–Kier alpha value is -0.753. The van der Waals surface area contributed by atoms with Gasteiger partial charge in [-0.15, -0.1) is 55.4 Å². The molecule has 2 heterocycles. The summed E-state index contributed by atoms with van der Waals surface area (Å²) in [6, 6.07) is 18.2. The maximum Gasteiger partial charge on any atom is -1.00 e. The van der Waals surface area contributed by atoms with Crippen molar-refractivity contribution in [2.24, 2.45) is 0 Å². The monoisotopic (exact) mass is 870 g/mol. The molecule has 0 nitrogen and oxygen atoms in total. The number of thioether (sulfide) groups is 2. The fraction of sp³-hybridized carbons (Fsp3) is 0.400. The van der Waals surface area contributed by atoms with Gasteiger partial charge in [-0.3, -0.25) is 0 Å². The smallest absolute Gasteiger partial charge is 1.00 e. The van der Waals surface area contributed by atoms with Gasteiger partial charge >= 0.3 is 41.6 Å². The van der Waals surface area contributed by atoms with Crippen molar-refractivity contribution < 1.29 is 47.8 Å². The molecule has 2 unspecified atom stereocenters. The van der Waals surface area contributed by atoms with Crippen LogP contribution in [0, 0.1) is 12.2 Å². The summed E-state index contributed by atoms with van der Waals surface area (Å²) in [4.78, 5) is 2.79. The van der Waals surface area contributed by atoms with Gasteiger partial charge in [0.05, 0.1) is 0 Å². The molecule has 0 bridgehead atoms. The average molecular weight is 870 g/mol. The number of halogens is 2. The molecule has 0 fully saturated rings. The SMILES string of the molecule is CC1=[C-]C2=C(c3ccc(C(C)(C)C)cc3)C(C)SC2=C1.CC1=[C-]C2=C(c3ccc(C(C)(C)C)cc3)C(C)SC2=C1.C[Si](C)=[Hf+2].[Cl-].[Cl-]. The first-order valence-corrected chi connectivity index (χ1v) is 25.3. The number of fused-ring (bicyclic) bond motifs is 2. The Morgan fingerprint density at radius 3 is 1.15 bits per heavy atom. The fourth-order valence-electron chi connectivity index (χ4n) is 5.68. The zero-order chi connectivity index (χ0) is 32.6. The zero-order valence-electron chi connectivity index (χ0n) is 29.5. The predicted molar refractivity (Wildman–Crippen MR) is 197 cm³/mol. The van der Waals surface area contributed by atoms with Crippen LogP contribution in [0.2, 0.25) is 13.1 Å². The van der Waals surface area contributed by atoms with E-state index in [1.165, 1.54) is 88.5 Å². The molecule has 0 saturated heterocycles. The Kier molecular flexibility index (Phi) is 15.1. The van der Waals surface area contributed by atoms with Crippen LogP contribution in [0.3, 0.4) is 0 Å². The van der Waals surface area contributed by atoms with Crippen LogP contribution >= 0.6 is 23.5 Å². The number of benzene rings is 2.